The molecule has 1 amide bonds. The van der Waals surface area contributed by atoms with Crippen LogP contribution in [0.1, 0.15) is 19.8 Å². The first kappa shape index (κ1) is 14.0. The molecule has 0 radical (unpaired) electrons. The van der Waals surface area contributed by atoms with Crippen molar-refractivity contribution in [2.45, 2.75) is 19.8 Å². The fraction of sp³-hybridized carbons (Fsp3) is 0.500. The number of aliphatic carboxylic acids is 1. The summed E-state index contributed by atoms with van der Waals surface area (Å²) in [6.45, 7) is 2.21. The summed E-state index contributed by atoms with van der Waals surface area (Å²) in [5.74, 6) is -2.53. The number of hydrogen-bond donors (Lipinski definition) is 3. The van der Waals surface area contributed by atoms with Crippen molar-refractivity contribution in [3.63, 3.8) is 0 Å². The molecule has 2 unspecified atom stereocenters. The molecule has 8 heteroatoms. The van der Waals surface area contributed by atoms with Crippen molar-refractivity contribution in [1.82, 2.24) is 15.2 Å². The maximum atomic E-state index is 12.1. The SMILES string of the molecule is CCOc1n[nH]c(NC(=O)C2CC=CCC2C(=O)O)n1. The normalized spacial score (nSPS) is 21.4. The van der Waals surface area contributed by atoms with Crippen LogP contribution in [0.5, 0.6) is 6.01 Å². The Morgan fingerprint density at radius 1 is 1.45 bits per heavy atom. The average molecular weight is 280 g/mol. The summed E-state index contributed by atoms with van der Waals surface area (Å²) in [5, 5.41) is 17.9. The van der Waals surface area contributed by atoms with E-state index in [1.54, 1.807) is 13.0 Å². The first-order chi connectivity index (χ1) is 9.61. The third-order valence-electron chi connectivity index (χ3n) is 3.07. The van der Waals surface area contributed by atoms with Crippen molar-refractivity contribution in [3.05, 3.63) is 12.2 Å². The van der Waals surface area contributed by atoms with Crippen LogP contribution in [0.2, 0.25) is 0 Å². The molecule has 2 atom stereocenters. The van der Waals surface area contributed by atoms with Crippen molar-refractivity contribution in [2.75, 3.05) is 11.9 Å². The maximum absolute atomic E-state index is 12.1. The zero-order chi connectivity index (χ0) is 14.5. The number of carboxylic acids is 1. The van der Waals surface area contributed by atoms with Gasteiger partial charge in [-0.15, -0.1) is 5.10 Å². The lowest BCUT2D eigenvalue weighted by atomic mass is 9.82. The van der Waals surface area contributed by atoms with Crippen LogP contribution in [0.4, 0.5) is 5.95 Å². The largest absolute Gasteiger partial charge is 0.481 e. The molecule has 1 aromatic rings. The molecule has 20 heavy (non-hydrogen) atoms. The molecule has 2 rings (SSSR count). The van der Waals surface area contributed by atoms with E-state index < -0.39 is 17.8 Å². The minimum absolute atomic E-state index is 0.140. The van der Waals surface area contributed by atoms with E-state index in [-0.39, 0.29) is 17.9 Å². The lowest BCUT2D eigenvalue weighted by Crippen LogP contribution is -2.35. The molecule has 1 aromatic heterocycles. The van der Waals surface area contributed by atoms with Gasteiger partial charge in [0.05, 0.1) is 18.4 Å². The Hall–Kier alpha value is -2.38. The van der Waals surface area contributed by atoms with Crippen LogP contribution in [0.15, 0.2) is 12.2 Å². The van der Waals surface area contributed by atoms with Crippen LogP contribution in [0, 0.1) is 11.8 Å². The number of amides is 1. The van der Waals surface area contributed by atoms with E-state index in [2.05, 4.69) is 20.5 Å². The maximum Gasteiger partial charge on any atom is 0.337 e. The van der Waals surface area contributed by atoms with Gasteiger partial charge in [0.1, 0.15) is 0 Å². The van der Waals surface area contributed by atoms with Gasteiger partial charge in [0.25, 0.3) is 0 Å². The highest BCUT2D eigenvalue weighted by Gasteiger charge is 2.34. The number of nitrogens with one attached hydrogen (secondary N) is 2. The van der Waals surface area contributed by atoms with Gasteiger partial charge in [-0.1, -0.05) is 12.2 Å². The third kappa shape index (κ3) is 3.14. The van der Waals surface area contributed by atoms with Crippen molar-refractivity contribution in [3.8, 4) is 6.01 Å². The van der Waals surface area contributed by atoms with Crippen LogP contribution >= 0.6 is 0 Å². The predicted octanol–water partition coefficient (Wildman–Crippen LogP) is 0.809. The van der Waals surface area contributed by atoms with Gasteiger partial charge in [-0.2, -0.15) is 4.98 Å². The molecule has 108 valence electrons. The van der Waals surface area contributed by atoms with Crippen LogP contribution in [0.3, 0.4) is 0 Å². The number of aromatic amines is 1. The Labute approximate surface area is 115 Å². The molecule has 0 spiro atoms. The van der Waals surface area contributed by atoms with Gasteiger partial charge in [0, 0.05) is 0 Å². The summed E-state index contributed by atoms with van der Waals surface area (Å²) in [7, 11) is 0. The highest BCUT2D eigenvalue weighted by molar-refractivity contribution is 5.94. The summed E-state index contributed by atoms with van der Waals surface area (Å²) in [4.78, 5) is 27.2. The minimum atomic E-state index is -0.970. The standard InChI is InChI=1S/C12H16N4O4/c1-2-20-12-14-11(15-16-12)13-9(17)7-5-3-4-6-8(7)10(18)19/h3-4,7-8H,2,5-6H2,1H3,(H,18,19)(H2,13,14,15,16,17). The number of carbonyl (C=O) groups excluding carboxylic acids is 1. The molecule has 1 aliphatic rings. The molecule has 0 saturated carbocycles. The van der Waals surface area contributed by atoms with E-state index in [1.165, 1.54) is 0 Å². The van der Waals surface area contributed by atoms with Gasteiger partial charge >= 0.3 is 12.0 Å². The van der Waals surface area contributed by atoms with E-state index in [0.717, 1.165) is 0 Å². The van der Waals surface area contributed by atoms with Crippen LogP contribution in [-0.2, 0) is 9.59 Å². The summed E-state index contributed by atoms with van der Waals surface area (Å²) < 4.78 is 5.06. The Morgan fingerprint density at radius 2 is 2.15 bits per heavy atom. The summed E-state index contributed by atoms with van der Waals surface area (Å²) >= 11 is 0. The molecule has 0 aliphatic heterocycles. The zero-order valence-corrected chi connectivity index (χ0v) is 11.0. The molecule has 3 N–H and O–H groups in total. The Kier molecular flexibility index (Phi) is 4.34. The van der Waals surface area contributed by atoms with Crippen LogP contribution in [-0.4, -0.2) is 38.8 Å². The van der Waals surface area contributed by atoms with Gasteiger partial charge in [0.2, 0.25) is 11.9 Å². The number of rotatable bonds is 5. The van der Waals surface area contributed by atoms with E-state index in [0.29, 0.717) is 19.4 Å². The second-order valence-electron chi connectivity index (χ2n) is 4.38. The first-order valence-corrected chi connectivity index (χ1v) is 6.35. The topological polar surface area (TPSA) is 117 Å². The van der Waals surface area contributed by atoms with Crippen LogP contribution in [0.25, 0.3) is 0 Å². The second-order valence-corrected chi connectivity index (χ2v) is 4.38. The quantitative estimate of drug-likeness (QED) is 0.687. The molecule has 0 fully saturated rings. The molecule has 0 bridgehead atoms. The van der Waals surface area contributed by atoms with E-state index in [9.17, 15) is 9.59 Å². The van der Waals surface area contributed by atoms with Gasteiger partial charge in [-0.25, -0.2) is 5.10 Å². The average Bonchev–Trinajstić information content (AvgIpc) is 2.86. The lowest BCUT2D eigenvalue weighted by Gasteiger charge is -2.23. The zero-order valence-electron chi connectivity index (χ0n) is 11.0. The van der Waals surface area contributed by atoms with Crippen molar-refractivity contribution >= 4 is 17.8 Å². The highest BCUT2D eigenvalue weighted by atomic mass is 16.5. The number of allylic oxidation sites excluding steroid dienone is 2. The Morgan fingerprint density at radius 3 is 2.80 bits per heavy atom. The molecular weight excluding hydrogens is 264 g/mol. The molecule has 1 heterocycles. The van der Waals surface area contributed by atoms with Crippen LogP contribution < -0.4 is 10.1 Å². The molecule has 0 saturated heterocycles. The van der Waals surface area contributed by atoms with Gasteiger partial charge in [-0.05, 0) is 19.8 Å². The Bertz CT molecular complexity index is 525. The summed E-state index contributed by atoms with van der Waals surface area (Å²) in [6.07, 6.45) is 4.35. The summed E-state index contributed by atoms with van der Waals surface area (Å²) in [6, 6.07) is 0.140. The monoisotopic (exact) mass is 280 g/mol. The van der Waals surface area contributed by atoms with Crippen molar-refractivity contribution < 1.29 is 19.4 Å². The number of carbonyl (C=O) groups is 2. The molecule has 0 aromatic carbocycles. The third-order valence-corrected chi connectivity index (χ3v) is 3.07. The first-order valence-electron chi connectivity index (χ1n) is 6.35. The Balaban J connectivity index is 2.02. The number of aromatic nitrogens is 3. The van der Waals surface area contributed by atoms with Crippen molar-refractivity contribution in [2.24, 2.45) is 11.8 Å². The van der Waals surface area contributed by atoms with Gasteiger partial charge in [0.15, 0.2) is 0 Å². The number of ether oxygens (including phenoxy) is 1. The second kappa shape index (κ2) is 6.18. The van der Waals surface area contributed by atoms with Crippen molar-refractivity contribution in [1.29, 1.82) is 0 Å². The predicted molar refractivity (Wildman–Crippen MR) is 69.2 cm³/mol. The fourth-order valence-electron chi connectivity index (χ4n) is 2.08. The molecule has 1 aliphatic carbocycles. The minimum Gasteiger partial charge on any atom is -0.481 e. The van der Waals surface area contributed by atoms with E-state index in [1.807, 2.05) is 6.08 Å². The fourth-order valence-corrected chi connectivity index (χ4v) is 2.08. The molecular formula is C12H16N4O4. The number of carboxylic acid groups (broad SMARTS) is 1. The smallest absolute Gasteiger partial charge is 0.337 e. The van der Waals surface area contributed by atoms with Gasteiger partial charge in [-0.3, -0.25) is 14.9 Å². The van der Waals surface area contributed by atoms with E-state index in [4.69, 9.17) is 9.84 Å². The lowest BCUT2D eigenvalue weighted by molar-refractivity contribution is -0.146. The number of hydrogen-bond acceptors (Lipinski definition) is 5. The van der Waals surface area contributed by atoms with Gasteiger partial charge < -0.3 is 9.84 Å². The summed E-state index contributed by atoms with van der Waals surface area (Å²) in [5.41, 5.74) is 0. The number of anilines is 1. The molecule has 8 nitrogen and oxygen atoms in total. The highest BCUT2D eigenvalue weighted by Crippen LogP contribution is 2.26. The number of H-pyrrole nitrogens is 1. The number of nitrogens with zero attached hydrogens (tertiary/aromatic N) is 2. The van der Waals surface area contributed by atoms with E-state index >= 15 is 0 Å².